The summed E-state index contributed by atoms with van der Waals surface area (Å²) < 4.78 is 10.6. The molecule has 0 fully saturated rings. The molecule has 19 heavy (non-hydrogen) atoms. The van der Waals surface area contributed by atoms with Gasteiger partial charge in [0.05, 0.1) is 24.8 Å². The second kappa shape index (κ2) is 7.76. The smallest absolute Gasteiger partial charge is 0.227 e. The lowest BCUT2D eigenvalue weighted by molar-refractivity contribution is -0.118. The Kier molecular flexibility index (Phi) is 6.32. The number of anilines is 1. The van der Waals surface area contributed by atoms with E-state index in [0.717, 1.165) is 5.56 Å². The molecule has 106 valence electrons. The van der Waals surface area contributed by atoms with Crippen LogP contribution in [0.3, 0.4) is 0 Å². The minimum Gasteiger partial charge on any atom is -0.492 e. The van der Waals surface area contributed by atoms with E-state index in [1.165, 1.54) is 0 Å². The third kappa shape index (κ3) is 4.89. The maximum Gasteiger partial charge on any atom is 0.227 e. The van der Waals surface area contributed by atoms with Crippen LogP contribution in [0.15, 0.2) is 18.2 Å². The molecule has 0 aliphatic carbocycles. The van der Waals surface area contributed by atoms with Gasteiger partial charge in [-0.3, -0.25) is 4.79 Å². The molecule has 1 atom stereocenters. The van der Waals surface area contributed by atoms with Gasteiger partial charge in [-0.1, -0.05) is 6.07 Å². The molecular weight excluding hydrogens is 244 g/mol. The first-order chi connectivity index (χ1) is 9.10. The Morgan fingerprint density at radius 2 is 2.21 bits per heavy atom. The number of carbonyl (C=O) groups is 1. The number of benzene rings is 1. The molecule has 1 aromatic rings. The summed E-state index contributed by atoms with van der Waals surface area (Å²) in [5, 5.41) is 2.82. The van der Waals surface area contributed by atoms with Gasteiger partial charge in [-0.2, -0.15) is 0 Å². The number of hydrogen-bond donors (Lipinski definition) is 2. The van der Waals surface area contributed by atoms with E-state index in [9.17, 15) is 4.79 Å². The highest BCUT2D eigenvalue weighted by Gasteiger charge is 2.13. The first kappa shape index (κ1) is 15.5. The zero-order chi connectivity index (χ0) is 14.3. The Bertz CT molecular complexity index is 417. The van der Waals surface area contributed by atoms with Crippen LogP contribution in [0.4, 0.5) is 5.69 Å². The van der Waals surface area contributed by atoms with E-state index in [1.54, 1.807) is 7.11 Å². The van der Waals surface area contributed by atoms with Gasteiger partial charge in [-0.25, -0.2) is 0 Å². The van der Waals surface area contributed by atoms with Gasteiger partial charge in [0.2, 0.25) is 5.91 Å². The van der Waals surface area contributed by atoms with Crippen LogP contribution in [-0.4, -0.2) is 32.3 Å². The quantitative estimate of drug-likeness (QED) is 0.787. The van der Waals surface area contributed by atoms with Gasteiger partial charge in [-0.05, 0) is 31.5 Å². The molecule has 3 N–H and O–H groups in total. The molecule has 0 saturated heterocycles. The van der Waals surface area contributed by atoms with Crippen LogP contribution in [0.1, 0.15) is 18.9 Å². The molecule has 0 bridgehead atoms. The topological polar surface area (TPSA) is 73.6 Å². The molecule has 0 heterocycles. The second-order valence-corrected chi connectivity index (χ2v) is 4.28. The molecule has 0 aliphatic heterocycles. The van der Waals surface area contributed by atoms with Crippen molar-refractivity contribution in [3.8, 4) is 5.75 Å². The summed E-state index contributed by atoms with van der Waals surface area (Å²) in [5.74, 6) is 0.541. The largest absolute Gasteiger partial charge is 0.492 e. The highest BCUT2D eigenvalue weighted by Crippen LogP contribution is 2.26. The molecule has 0 aromatic heterocycles. The first-order valence-electron chi connectivity index (χ1n) is 6.36. The Morgan fingerprint density at radius 3 is 2.79 bits per heavy atom. The Hall–Kier alpha value is -1.59. The van der Waals surface area contributed by atoms with Gasteiger partial charge in [-0.15, -0.1) is 0 Å². The predicted octanol–water partition coefficient (Wildman–Crippen LogP) is 1.70. The SMILES string of the molecule is CCOc1cc(C)ccc1NC(=O)CC(CN)OC. The fourth-order valence-electron chi connectivity index (χ4n) is 1.68. The summed E-state index contributed by atoms with van der Waals surface area (Å²) in [6, 6.07) is 5.66. The number of rotatable bonds is 7. The lowest BCUT2D eigenvalue weighted by atomic mass is 10.2. The van der Waals surface area contributed by atoms with Gasteiger partial charge in [0, 0.05) is 13.7 Å². The average Bonchev–Trinajstić information content (AvgIpc) is 2.39. The molecule has 1 unspecified atom stereocenters. The second-order valence-electron chi connectivity index (χ2n) is 4.28. The minimum absolute atomic E-state index is 0.137. The third-order valence-electron chi connectivity index (χ3n) is 2.72. The van der Waals surface area contributed by atoms with E-state index >= 15 is 0 Å². The highest BCUT2D eigenvalue weighted by atomic mass is 16.5. The van der Waals surface area contributed by atoms with Crippen molar-refractivity contribution in [2.24, 2.45) is 5.73 Å². The Morgan fingerprint density at radius 1 is 1.47 bits per heavy atom. The fraction of sp³-hybridized carbons (Fsp3) is 0.500. The van der Waals surface area contributed by atoms with Crippen molar-refractivity contribution < 1.29 is 14.3 Å². The van der Waals surface area contributed by atoms with Crippen LogP contribution in [0.5, 0.6) is 5.75 Å². The van der Waals surface area contributed by atoms with Crippen molar-refractivity contribution in [3.05, 3.63) is 23.8 Å². The highest BCUT2D eigenvalue weighted by molar-refractivity contribution is 5.92. The van der Waals surface area contributed by atoms with Gasteiger partial charge >= 0.3 is 0 Å². The van der Waals surface area contributed by atoms with E-state index in [-0.39, 0.29) is 18.4 Å². The van der Waals surface area contributed by atoms with Crippen LogP contribution in [0.2, 0.25) is 0 Å². The molecule has 1 rings (SSSR count). The van der Waals surface area contributed by atoms with Gasteiger partial charge < -0.3 is 20.5 Å². The van der Waals surface area contributed by atoms with Crippen LogP contribution in [-0.2, 0) is 9.53 Å². The summed E-state index contributed by atoms with van der Waals surface area (Å²) in [6.45, 7) is 4.75. The van der Waals surface area contributed by atoms with Crippen LogP contribution in [0, 0.1) is 6.92 Å². The van der Waals surface area contributed by atoms with E-state index in [2.05, 4.69) is 5.32 Å². The average molecular weight is 266 g/mol. The zero-order valence-corrected chi connectivity index (χ0v) is 11.7. The van der Waals surface area contributed by atoms with E-state index < -0.39 is 0 Å². The standard InChI is InChI=1S/C14H22N2O3/c1-4-19-13-7-10(2)5-6-12(13)16-14(17)8-11(9-15)18-3/h5-7,11H,4,8-9,15H2,1-3H3,(H,16,17). The number of hydrogen-bond acceptors (Lipinski definition) is 4. The molecule has 1 aromatic carbocycles. The molecule has 5 nitrogen and oxygen atoms in total. The summed E-state index contributed by atoms with van der Waals surface area (Å²) in [7, 11) is 1.54. The monoisotopic (exact) mass is 266 g/mol. The van der Waals surface area contributed by atoms with E-state index in [4.69, 9.17) is 15.2 Å². The van der Waals surface area contributed by atoms with Gasteiger partial charge in [0.1, 0.15) is 5.75 Å². The van der Waals surface area contributed by atoms with E-state index in [0.29, 0.717) is 24.6 Å². The number of carbonyl (C=O) groups excluding carboxylic acids is 1. The van der Waals surface area contributed by atoms with Gasteiger partial charge in [0.15, 0.2) is 0 Å². The molecule has 0 spiro atoms. The third-order valence-corrected chi connectivity index (χ3v) is 2.72. The van der Waals surface area contributed by atoms with Crippen molar-refractivity contribution in [2.45, 2.75) is 26.4 Å². The summed E-state index contributed by atoms with van der Waals surface area (Å²) >= 11 is 0. The molecular formula is C14H22N2O3. The molecule has 0 aliphatic rings. The lowest BCUT2D eigenvalue weighted by Gasteiger charge is -2.15. The Labute approximate surface area is 114 Å². The normalized spacial score (nSPS) is 12.0. The number of ether oxygens (including phenoxy) is 2. The summed E-state index contributed by atoms with van der Waals surface area (Å²) in [5.41, 5.74) is 7.25. The number of amides is 1. The minimum atomic E-state index is -0.263. The fourth-order valence-corrected chi connectivity index (χ4v) is 1.68. The maximum absolute atomic E-state index is 11.9. The van der Waals surface area contributed by atoms with Crippen molar-refractivity contribution in [1.29, 1.82) is 0 Å². The molecule has 5 heteroatoms. The van der Waals surface area contributed by atoms with Crippen LogP contribution < -0.4 is 15.8 Å². The lowest BCUT2D eigenvalue weighted by Crippen LogP contribution is -2.28. The van der Waals surface area contributed by atoms with Crippen molar-refractivity contribution in [1.82, 2.24) is 0 Å². The zero-order valence-electron chi connectivity index (χ0n) is 11.7. The molecule has 0 saturated carbocycles. The van der Waals surface area contributed by atoms with Crippen LogP contribution in [0.25, 0.3) is 0 Å². The van der Waals surface area contributed by atoms with Crippen molar-refractivity contribution >= 4 is 11.6 Å². The molecule has 0 radical (unpaired) electrons. The summed E-state index contributed by atoms with van der Waals surface area (Å²) in [6.07, 6.45) is -0.0344. The number of nitrogens with two attached hydrogens (primary N) is 1. The predicted molar refractivity (Wildman–Crippen MR) is 75.4 cm³/mol. The van der Waals surface area contributed by atoms with Crippen molar-refractivity contribution in [3.63, 3.8) is 0 Å². The van der Waals surface area contributed by atoms with Crippen LogP contribution >= 0.6 is 0 Å². The van der Waals surface area contributed by atoms with E-state index in [1.807, 2.05) is 32.0 Å². The maximum atomic E-state index is 11.9. The molecule has 1 amide bonds. The number of methoxy groups -OCH3 is 1. The number of nitrogens with one attached hydrogen (secondary N) is 1. The Balaban J connectivity index is 2.72. The first-order valence-corrected chi connectivity index (χ1v) is 6.36. The number of aryl methyl sites for hydroxylation is 1. The summed E-state index contributed by atoms with van der Waals surface area (Å²) in [4.78, 5) is 11.9. The van der Waals surface area contributed by atoms with Crippen molar-refractivity contribution in [2.75, 3.05) is 25.6 Å². The van der Waals surface area contributed by atoms with Gasteiger partial charge in [0.25, 0.3) is 0 Å².